The van der Waals surface area contributed by atoms with Crippen LogP contribution < -0.4 is 10.0 Å². The van der Waals surface area contributed by atoms with Gasteiger partial charge < -0.3 is 10.1 Å². The fraction of sp³-hybridized carbons (Fsp3) is 0.360. The van der Waals surface area contributed by atoms with Crippen molar-refractivity contribution in [2.24, 2.45) is 10.9 Å². The first kappa shape index (κ1) is 29.0. The Kier molecular flexibility index (Phi) is 8.33. The molecule has 0 radical (unpaired) electrons. The number of aliphatic imine (C=N–C) groups is 1. The summed E-state index contributed by atoms with van der Waals surface area (Å²) in [6.07, 6.45) is 0.841. The zero-order valence-corrected chi connectivity index (χ0v) is 22.2. The lowest BCUT2D eigenvalue weighted by Crippen LogP contribution is -2.40. The van der Waals surface area contributed by atoms with Crippen molar-refractivity contribution in [1.82, 2.24) is 10.0 Å². The second-order valence-electron chi connectivity index (χ2n) is 9.06. The Morgan fingerprint density at radius 3 is 2.23 bits per heavy atom. The monoisotopic (exact) mass is 591 g/mol. The van der Waals surface area contributed by atoms with E-state index in [1.54, 1.807) is 0 Å². The normalized spacial score (nSPS) is 21.8. The van der Waals surface area contributed by atoms with Gasteiger partial charge in [0, 0.05) is 23.4 Å². The molecule has 7 nitrogen and oxygen atoms in total. The topological polar surface area (TPSA) is 96.9 Å². The summed E-state index contributed by atoms with van der Waals surface area (Å²) >= 11 is 6.09. The molecule has 1 heterocycles. The number of rotatable bonds is 6. The number of carbonyl (C=O) groups excluding carboxylic acids is 1. The number of methoxy groups -OCH3 is 1. The van der Waals surface area contributed by atoms with Crippen molar-refractivity contribution < 1.29 is 39.9 Å². The molecule has 2 aromatic carbocycles. The van der Waals surface area contributed by atoms with Gasteiger partial charge in [0.25, 0.3) is 0 Å². The molecule has 2 aromatic rings. The van der Waals surface area contributed by atoms with Crippen molar-refractivity contribution >= 4 is 33.4 Å². The number of sulfonamides is 1. The summed E-state index contributed by atoms with van der Waals surface area (Å²) in [6, 6.07) is 1.21. The second kappa shape index (κ2) is 11.2. The Labute approximate surface area is 226 Å². The summed E-state index contributed by atoms with van der Waals surface area (Å²) in [5, 5.41) is 1.35. The van der Waals surface area contributed by atoms with Crippen LogP contribution in [-0.2, 0) is 19.6 Å². The van der Waals surface area contributed by atoms with E-state index in [1.807, 2.05) is 0 Å². The van der Waals surface area contributed by atoms with Gasteiger partial charge in [-0.25, -0.2) is 39.9 Å². The average Bonchev–Trinajstić information content (AvgIpc) is 2.90. The van der Waals surface area contributed by atoms with Gasteiger partial charge >= 0.3 is 5.97 Å². The Bertz CT molecular complexity index is 1470. The number of ether oxygens (including phenoxy) is 1. The molecule has 4 rings (SSSR count). The highest BCUT2D eigenvalue weighted by atomic mass is 35.5. The van der Waals surface area contributed by atoms with Gasteiger partial charge in [-0.15, -0.1) is 0 Å². The molecule has 39 heavy (non-hydrogen) atoms. The van der Waals surface area contributed by atoms with Crippen molar-refractivity contribution in [3.63, 3.8) is 0 Å². The van der Waals surface area contributed by atoms with Crippen LogP contribution in [0.4, 0.5) is 22.0 Å². The van der Waals surface area contributed by atoms with Gasteiger partial charge in [-0.05, 0) is 44.7 Å². The van der Waals surface area contributed by atoms with Gasteiger partial charge in [-0.3, -0.25) is 4.99 Å². The second-order valence-corrected chi connectivity index (χ2v) is 11.6. The molecule has 2 N–H and O–H groups in total. The number of nitrogens with one attached hydrogen (secondary N) is 2. The fourth-order valence-electron chi connectivity index (χ4n) is 4.92. The number of carbonyl (C=O) groups is 1. The standard InChI is InChI=1S/C25H23ClF5N3O4S/c1-32-39(36,37)13-5-3-11(4-6-13)22-19(25(35)38-2)23(14-7-8-15(28)21(31)20(14)26)34-24(33-22)18-16(29)9-12(27)10-17(18)30/h7-11,13,23,32H,3-6H2,1-2H3,(H,33,34)/t11-,13-,23?. The van der Waals surface area contributed by atoms with Crippen LogP contribution in [0.5, 0.6) is 0 Å². The third-order valence-corrected chi connectivity index (χ3v) is 9.19. The maximum Gasteiger partial charge on any atom is 0.338 e. The lowest BCUT2D eigenvalue weighted by Gasteiger charge is -2.35. The predicted octanol–water partition coefficient (Wildman–Crippen LogP) is 4.66. The molecule has 0 aromatic heterocycles. The van der Waals surface area contributed by atoms with Gasteiger partial charge in [0.1, 0.15) is 29.3 Å². The molecular formula is C25H23ClF5N3O4S. The van der Waals surface area contributed by atoms with Crippen LogP contribution in [0.25, 0.3) is 0 Å². The summed E-state index contributed by atoms with van der Waals surface area (Å²) in [4.78, 5) is 17.3. The largest absolute Gasteiger partial charge is 0.466 e. The number of halogens is 6. The van der Waals surface area contributed by atoms with Crippen LogP contribution >= 0.6 is 11.6 Å². The molecule has 1 saturated carbocycles. The number of allylic oxidation sites excluding steroid dienone is 1. The van der Waals surface area contributed by atoms with E-state index in [9.17, 15) is 35.2 Å². The van der Waals surface area contributed by atoms with Gasteiger partial charge in [-0.2, -0.15) is 0 Å². The van der Waals surface area contributed by atoms with Crippen LogP contribution in [0.2, 0.25) is 5.02 Å². The molecule has 1 unspecified atom stereocenters. The number of benzene rings is 2. The lowest BCUT2D eigenvalue weighted by atomic mass is 9.81. The maximum absolute atomic E-state index is 14.8. The summed E-state index contributed by atoms with van der Waals surface area (Å²) in [5.74, 6) is -8.43. The molecule has 0 saturated heterocycles. The van der Waals surface area contributed by atoms with Gasteiger partial charge in [0.15, 0.2) is 11.6 Å². The number of nitrogens with zero attached hydrogens (tertiary/aromatic N) is 1. The molecule has 210 valence electrons. The molecule has 0 amide bonds. The summed E-state index contributed by atoms with van der Waals surface area (Å²) in [6.45, 7) is 0. The number of esters is 1. The van der Waals surface area contributed by atoms with Gasteiger partial charge in [0.05, 0.1) is 28.5 Å². The molecule has 2 aliphatic rings. The summed E-state index contributed by atoms with van der Waals surface area (Å²) < 4.78 is 103. The SMILES string of the molecule is CNS(=O)(=O)[C@H]1CC[C@H](C2=C(C(=O)OC)C(c3ccc(F)c(F)c3Cl)N=C(c3c(F)cc(F)cc3F)N2)CC1. The zero-order valence-electron chi connectivity index (χ0n) is 20.6. The van der Waals surface area contributed by atoms with Gasteiger partial charge in [-0.1, -0.05) is 17.7 Å². The maximum atomic E-state index is 14.8. The van der Waals surface area contributed by atoms with E-state index in [4.69, 9.17) is 16.3 Å². The van der Waals surface area contributed by atoms with Crippen LogP contribution in [0.15, 0.2) is 40.5 Å². The molecule has 1 aliphatic heterocycles. The van der Waals surface area contributed by atoms with Crippen LogP contribution in [0.1, 0.15) is 42.9 Å². The van der Waals surface area contributed by atoms with Crippen molar-refractivity contribution in [3.8, 4) is 0 Å². The van der Waals surface area contributed by atoms with E-state index in [0.29, 0.717) is 12.1 Å². The number of amidine groups is 1. The quantitative estimate of drug-likeness (QED) is 0.289. The summed E-state index contributed by atoms with van der Waals surface area (Å²) in [5.41, 5.74) is -1.03. The van der Waals surface area contributed by atoms with E-state index >= 15 is 0 Å². The molecule has 1 fully saturated rings. The third kappa shape index (κ3) is 5.52. The zero-order chi connectivity index (χ0) is 28.6. The fourth-order valence-corrected chi connectivity index (χ4v) is 6.41. The van der Waals surface area contributed by atoms with E-state index < -0.39 is 78.7 Å². The number of hydrogen-bond donors (Lipinski definition) is 2. The smallest absolute Gasteiger partial charge is 0.338 e. The van der Waals surface area contributed by atoms with Crippen LogP contribution in [0.3, 0.4) is 0 Å². The molecular weight excluding hydrogens is 569 g/mol. The Morgan fingerprint density at radius 1 is 1.05 bits per heavy atom. The third-order valence-electron chi connectivity index (χ3n) is 6.89. The van der Waals surface area contributed by atoms with Crippen molar-refractivity contribution in [1.29, 1.82) is 0 Å². The Morgan fingerprint density at radius 2 is 1.67 bits per heavy atom. The predicted molar refractivity (Wildman–Crippen MR) is 133 cm³/mol. The highest BCUT2D eigenvalue weighted by molar-refractivity contribution is 7.90. The first-order valence-corrected chi connectivity index (χ1v) is 13.7. The van der Waals surface area contributed by atoms with Gasteiger partial charge in [0.2, 0.25) is 10.0 Å². The highest BCUT2D eigenvalue weighted by Crippen LogP contribution is 2.42. The van der Waals surface area contributed by atoms with Crippen LogP contribution in [0, 0.1) is 35.0 Å². The molecule has 14 heteroatoms. The first-order chi connectivity index (χ1) is 18.4. The van der Waals surface area contributed by atoms with Crippen molar-refractivity contribution in [2.75, 3.05) is 14.2 Å². The first-order valence-electron chi connectivity index (χ1n) is 11.8. The summed E-state index contributed by atoms with van der Waals surface area (Å²) in [7, 11) is -1.20. The molecule has 0 spiro atoms. The molecule has 1 atom stereocenters. The van der Waals surface area contributed by atoms with Crippen molar-refractivity contribution in [3.05, 3.63) is 80.8 Å². The van der Waals surface area contributed by atoms with E-state index in [1.165, 1.54) is 7.05 Å². The minimum absolute atomic E-state index is 0.0982. The Balaban J connectivity index is 1.90. The minimum atomic E-state index is -3.58. The van der Waals surface area contributed by atoms with Crippen molar-refractivity contribution in [2.45, 2.75) is 37.0 Å². The lowest BCUT2D eigenvalue weighted by molar-refractivity contribution is -0.136. The van der Waals surface area contributed by atoms with E-state index in [0.717, 1.165) is 19.2 Å². The van der Waals surface area contributed by atoms with E-state index in [-0.39, 0.29) is 42.5 Å². The van der Waals surface area contributed by atoms with Crippen LogP contribution in [-0.4, -0.2) is 39.6 Å². The Hall–Kier alpha value is -3.03. The average molecular weight is 592 g/mol. The molecule has 1 aliphatic carbocycles. The minimum Gasteiger partial charge on any atom is -0.466 e. The highest BCUT2D eigenvalue weighted by Gasteiger charge is 2.40. The number of hydrogen-bond acceptors (Lipinski definition) is 6. The van der Waals surface area contributed by atoms with E-state index in [2.05, 4.69) is 15.0 Å². The molecule has 0 bridgehead atoms.